The molecule has 1 heterocycles. The molecule has 0 aliphatic rings. The normalized spacial score (nSPS) is 10.8. The number of hydrogen-bond acceptors (Lipinski definition) is 5. The van der Waals surface area contributed by atoms with E-state index in [9.17, 15) is 10.1 Å². The van der Waals surface area contributed by atoms with Gasteiger partial charge in [-0.15, -0.1) is 0 Å². The summed E-state index contributed by atoms with van der Waals surface area (Å²) in [6, 6.07) is 20.4. The molecule has 2 aromatic carbocycles. The molecule has 0 atom stereocenters. The minimum absolute atomic E-state index is 0.0815. The zero-order valence-corrected chi connectivity index (χ0v) is 17.5. The lowest BCUT2D eigenvalue weighted by molar-refractivity contribution is -0.139. The number of methoxy groups -OCH3 is 1. The molecule has 6 nitrogen and oxygen atoms in total. The zero-order chi connectivity index (χ0) is 22.4. The van der Waals surface area contributed by atoms with Crippen LogP contribution in [-0.4, -0.2) is 17.6 Å². The minimum atomic E-state index is -0.739. The molecule has 0 fully saturated rings. The lowest BCUT2D eigenvalue weighted by Gasteiger charge is -2.13. The van der Waals surface area contributed by atoms with E-state index in [1.165, 1.54) is 6.08 Å². The maximum Gasteiger partial charge on any atom is 0.349 e. The maximum absolute atomic E-state index is 12.5. The zero-order valence-electron chi connectivity index (χ0n) is 17.5. The molecule has 1 aromatic heterocycles. The standard InChI is InChI=1S/C25H21N3O3/c1-17-12-21(18(2)28(17)23-10-6-7-11-24(23)30-3)13-22(15-27)25(29)31-16-20-9-5-4-8-19(20)14-26/h4-13H,16H2,1-3H3/b22-13+. The summed E-state index contributed by atoms with van der Waals surface area (Å²) in [5, 5.41) is 18.7. The van der Waals surface area contributed by atoms with E-state index in [0.29, 0.717) is 11.1 Å². The second-order valence-electron chi connectivity index (χ2n) is 6.85. The van der Waals surface area contributed by atoms with Crippen LogP contribution in [0.5, 0.6) is 5.75 Å². The fourth-order valence-electron chi connectivity index (χ4n) is 3.39. The molecule has 0 radical (unpaired) electrons. The van der Waals surface area contributed by atoms with Gasteiger partial charge in [-0.1, -0.05) is 30.3 Å². The van der Waals surface area contributed by atoms with Gasteiger partial charge < -0.3 is 14.0 Å². The Balaban J connectivity index is 1.89. The summed E-state index contributed by atoms with van der Waals surface area (Å²) in [7, 11) is 1.61. The molecule has 154 valence electrons. The fraction of sp³-hybridized carbons (Fsp3) is 0.160. The van der Waals surface area contributed by atoms with Crippen LogP contribution in [0.3, 0.4) is 0 Å². The molecule has 0 bridgehead atoms. The van der Waals surface area contributed by atoms with Gasteiger partial charge in [0, 0.05) is 17.0 Å². The molecular weight excluding hydrogens is 390 g/mol. The number of carbonyl (C=O) groups is 1. The number of hydrogen-bond donors (Lipinski definition) is 0. The van der Waals surface area contributed by atoms with Crippen molar-refractivity contribution >= 4 is 12.0 Å². The Bertz CT molecular complexity index is 1240. The van der Waals surface area contributed by atoms with Crippen LogP contribution in [0.1, 0.15) is 28.1 Å². The third-order valence-electron chi connectivity index (χ3n) is 4.93. The Morgan fingerprint density at radius 2 is 1.81 bits per heavy atom. The van der Waals surface area contributed by atoms with E-state index < -0.39 is 5.97 Å². The van der Waals surface area contributed by atoms with Crippen LogP contribution in [0.15, 0.2) is 60.2 Å². The molecular formula is C25H21N3O3. The van der Waals surface area contributed by atoms with Crippen molar-refractivity contribution in [2.75, 3.05) is 7.11 Å². The first kappa shape index (κ1) is 21.4. The fourth-order valence-corrected chi connectivity index (χ4v) is 3.39. The summed E-state index contributed by atoms with van der Waals surface area (Å²) in [5.41, 5.74) is 4.29. The van der Waals surface area contributed by atoms with E-state index in [0.717, 1.165) is 28.4 Å². The lowest BCUT2D eigenvalue weighted by Crippen LogP contribution is -2.08. The Hall–Kier alpha value is -4.29. The molecule has 0 aliphatic carbocycles. The summed E-state index contributed by atoms with van der Waals surface area (Å²) in [6.07, 6.45) is 1.52. The van der Waals surface area contributed by atoms with E-state index >= 15 is 0 Å². The number of nitrogens with zero attached hydrogens (tertiary/aromatic N) is 3. The second kappa shape index (κ2) is 9.47. The Morgan fingerprint density at radius 1 is 1.10 bits per heavy atom. The third-order valence-corrected chi connectivity index (χ3v) is 4.93. The van der Waals surface area contributed by atoms with Crippen LogP contribution in [0.25, 0.3) is 11.8 Å². The highest BCUT2D eigenvalue weighted by atomic mass is 16.5. The third kappa shape index (κ3) is 4.49. The Kier molecular flexibility index (Phi) is 6.54. The van der Waals surface area contributed by atoms with Gasteiger partial charge in [0.25, 0.3) is 0 Å². The number of ether oxygens (including phenoxy) is 2. The highest BCUT2D eigenvalue weighted by molar-refractivity contribution is 5.98. The molecule has 0 saturated carbocycles. The molecule has 0 spiro atoms. The van der Waals surface area contributed by atoms with Crippen LogP contribution in [0.2, 0.25) is 0 Å². The van der Waals surface area contributed by atoms with Crippen molar-refractivity contribution in [2.24, 2.45) is 0 Å². The second-order valence-corrected chi connectivity index (χ2v) is 6.85. The number of esters is 1. The summed E-state index contributed by atoms with van der Waals surface area (Å²) in [6.45, 7) is 3.77. The maximum atomic E-state index is 12.5. The van der Waals surface area contributed by atoms with Gasteiger partial charge in [0.2, 0.25) is 0 Å². The largest absolute Gasteiger partial charge is 0.495 e. The van der Waals surface area contributed by atoms with Gasteiger partial charge in [0.05, 0.1) is 24.4 Å². The summed E-state index contributed by atoms with van der Waals surface area (Å²) in [5.74, 6) is -0.0201. The van der Waals surface area contributed by atoms with Crippen LogP contribution in [-0.2, 0) is 16.1 Å². The molecule has 0 N–H and O–H groups in total. The molecule has 0 unspecified atom stereocenters. The van der Waals surface area contributed by atoms with Crippen LogP contribution >= 0.6 is 0 Å². The van der Waals surface area contributed by atoms with Gasteiger partial charge in [-0.2, -0.15) is 10.5 Å². The van der Waals surface area contributed by atoms with E-state index in [-0.39, 0.29) is 12.2 Å². The summed E-state index contributed by atoms with van der Waals surface area (Å²) < 4.78 is 12.8. The van der Waals surface area contributed by atoms with Crippen molar-refractivity contribution in [3.63, 3.8) is 0 Å². The van der Waals surface area contributed by atoms with Crippen molar-refractivity contribution < 1.29 is 14.3 Å². The number of rotatable bonds is 6. The van der Waals surface area contributed by atoms with Gasteiger partial charge in [-0.05, 0) is 49.8 Å². The number of para-hydroxylation sites is 2. The summed E-state index contributed by atoms with van der Waals surface area (Å²) in [4.78, 5) is 12.5. The predicted octanol–water partition coefficient (Wildman–Crippen LogP) is 4.62. The first-order valence-corrected chi connectivity index (χ1v) is 9.59. The van der Waals surface area contributed by atoms with E-state index in [1.54, 1.807) is 31.4 Å². The molecule has 3 rings (SSSR count). The van der Waals surface area contributed by atoms with Gasteiger partial charge in [0.15, 0.2) is 0 Å². The van der Waals surface area contributed by atoms with Gasteiger partial charge in [-0.3, -0.25) is 0 Å². The van der Waals surface area contributed by atoms with Crippen molar-refractivity contribution in [3.8, 4) is 23.6 Å². The smallest absolute Gasteiger partial charge is 0.349 e. The number of carbonyl (C=O) groups excluding carboxylic acids is 1. The van der Waals surface area contributed by atoms with Crippen molar-refractivity contribution in [1.29, 1.82) is 10.5 Å². The average Bonchev–Trinajstić information content (AvgIpc) is 3.08. The SMILES string of the molecule is COc1ccccc1-n1c(C)cc(/C=C(\C#N)C(=O)OCc2ccccc2C#N)c1C. The van der Waals surface area contributed by atoms with Crippen molar-refractivity contribution in [3.05, 3.63) is 88.2 Å². The molecule has 0 amide bonds. The highest BCUT2D eigenvalue weighted by Gasteiger charge is 2.17. The van der Waals surface area contributed by atoms with Crippen LogP contribution in [0.4, 0.5) is 0 Å². The number of aryl methyl sites for hydroxylation is 1. The van der Waals surface area contributed by atoms with E-state index in [1.807, 2.05) is 54.8 Å². The molecule has 0 saturated heterocycles. The molecule has 31 heavy (non-hydrogen) atoms. The first-order valence-electron chi connectivity index (χ1n) is 9.59. The van der Waals surface area contributed by atoms with Gasteiger partial charge in [0.1, 0.15) is 24.0 Å². The first-order chi connectivity index (χ1) is 15.0. The molecule has 0 aliphatic heterocycles. The predicted molar refractivity (Wildman–Crippen MR) is 116 cm³/mol. The van der Waals surface area contributed by atoms with E-state index in [2.05, 4.69) is 6.07 Å². The van der Waals surface area contributed by atoms with Crippen molar-refractivity contribution in [2.45, 2.75) is 20.5 Å². The summed E-state index contributed by atoms with van der Waals surface area (Å²) >= 11 is 0. The molecule has 6 heteroatoms. The van der Waals surface area contributed by atoms with Crippen molar-refractivity contribution in [1.82, 2.24) is 4.57 Å². The van der Waals surface area contributed by atoms with Crippen LogP contribution < -0.4 is 4.74 Å². The topological polar surface area (TPSA) is 88.0 Å². The lowest BCUT2D eigenvalue weighted by atomic mass is 10.1. The minimum Gasteiger partial charge on any atom is -0.495 e. The number of aromatic nitrogens is 1. The Morgan fingerprint density at radius 3 is 2.52 bits per heavy atom. The van der Waals surface area contributed by atoms with Gasteiger partial charge >= 0.3 is 5.97 Å². The monoisotopic (exact) mass is 411 g/mol. The number of benzene rings is 2. The van der Waals surface area contributed by atoms with Crippen LogP contribution in [0, 0.1) is 36.5 Å². The number of nitriles is 2. The van der Waals surface area contributed by atoms with Gasteiger partial charge in [-0.25, -0.2) is 4.79 Å². The van der Waals surface area contributed by atoms with E-state index in [4.69, 9.17) is 14.7 Å². The average molecular weight is 411 g/mol. The highest BCUT2D eigenvalue weighted by Crippen LogP contribution is 2.29. The Labute approximate surface area is 181 Å². The molecule has 3 aromatic rings. The quantitative estimate of drug-likeness (QED) is 0.335.